The van der Waals surface area contributed by atoms with Gasteiger partial charge in [-0.2, -0.15) is 0 Å². The van der Waals surface area contributed by atoms with Gasteiger partial charge in [0.2, 0.25) is 0 Å². The second kappa shape index (κ2) is 6.16. The molecule has 114 valence electrons. The van der Waals surface area contributed by atoms with E-state index in [-0.39, 0.29) is 19.1 Å². The van der Waals surface area contributed by atoms with Crippen molar-refractivity contribution in [1.29, 1.82) is 0 Å². The number of carboxylic acid groups (broad SMARTS) is 1. The molecule has 1 atom stereocenters. The molecule has 1 aromatic carbocycles. The van der Waals surface area contributed by atoms with E-state index in [1.165, 1.54) is 0 Å². The van der Waals surface area contributed by atoms with E-state index in [9.17, 15) is 14.7 Å². The van der Waals surface area contributed by atoms with E-state index in [1.807, 2.05) is 38.1 Å². The number of aryl methyl sites for hydroxylation is 1. The van der Waals surface area contributed by atoms with Gasteiger partial charge in [-0.15, -0.1) is 0 Å². The van der Waals surface area contributed by atoms with Crippen LogP contribution in [0.1, 0.15) is 25.3 Å². The van der Waals surface area contributed by atoms with Crippen LogP contribution in [0.25, 0.3) is 0 Å². The molecule has 1 saturated heterocycles. The smallest absolute Gasteiger partial charge is 0.311 e. The van der Waals surface area contributed by atoms with Gasteiger partial charge in [0.05, 0.1) is 5.41 Å². The molecular formula is C16H21NO4. The third-order valence-electron chi connectivity index (χ3n) is 4.28. The molecule has 5 heteroatoms. The van der Waals surface area contributed by atoms with Gasteiger partial charge in [-0.25, -0.2) is 0 Å². The molecule has 1 N–H and O–H groups in total. The maximum absolute atomic E-state index is 12.2. The number of carbonyl (C=O) groups excluding carboxylic acids is 1. The Labute approximate surface area is 124 Å². The number of ether oxygens (including phenoxy) is 1. The molecule has 0 spiro atoms. The number of para-hydroxylation sites is 1. The van der Waals surface area contributed by atoms with Gasteiger partial charge < -0.3 is 14.7 Å². The number of rotatable bonds is 5. The minimum Gasteiger partial charge on any atom is -0.484 e. The lowest BCUT2D eigenvalue weighted by atomic mass is 9.84. The summed E-state index contributed by atoms with van der Waals surface area (Å²) >= 11 is 0. The standard InChI is InChI=1S/C16H21NO4/c1-3-16(15(19)20)8-9-17(11-16)14(18)10-21-13-7-5-4-6-12(13)2/h4-7H,3,8-11H2,1-2H3,(H,19,20). The number of benzene rings is 1. The Morgan fingerprint density at radius 2 is 2.10 bits per heavy atom. The predicted octanol–water partition coefficient (Wildman–Crippen LogP) is 2.09. The highest BCUT2D eigenvalue weighted by Crippen LogP contribution is 2.34. The molecule has 21 heavy (non-hydrogen) atoms. The fourth-order valence-corrected chi connectivity index (χ4v) is 2.65. The van der Waals surface area contributed by atoms with Crippen molar-refractivity contribution in [1.82, 2.24) is 4.90 Å². The van der Waals surface area contributed by atoms with Crippen LogP contribution >= 0.6 is 0 Å². The SMILES string of the molecule is CCC1(C(=O)O)CCN(C(=O)COc2ccccc2C)C1. The third kappa shape index (κ3) is 3.17. The van der Waals surface area contributed by atoms with Gasteiger partial charge in [-0.3, -0.25) is 9.59 Å². The topological polar surface area (TPSA) is 66.8 Å². The van der Waals surface area contributed by atoms with E-state index >= 15 is 0 Å². The summed E-state index contributed by atoms with van der Waals surface area (Å²) in [5.41, 5.74) is 0.179. The van der Waals surface area contributed by atoms with Gasteiger partial charge in [-0.05, 0) is 31.4 Å². The van der Waals surface area contributed by atoms with Gasteiger partial charge in [0.15, 0.2) is 6.61 Å². The molecule has 0 bridgehead atoms. The lowest BCUT2D eigenvalue weighted by Crippen LogP contribution is -2.38. The van der Waals surface area contributed by atoms with Crippen LogP contribution in [-0.2, 0) is 9.59 Å². The normalized spacial score (nSPS) is 21.3. The van der Waals surface area contributed by atoms with Crippen molar-refractivity contribution in [3.63, 3.8) is 0 Å². The van der Waals surface area contributed by atoms with Crippen LogP contribution in [0.3, 0.4) is 0 Å². The number of aliphatic carboxylic acids is 1. The number of hydrogen-bond donors (Lipinski definition) is 1. The van der Waals surface area contributed by atoms with Crippen molar-refractivity contribution in [2.75, 3.05) is 19.7 Å². The fraction of sp³-hybridized carbons (Fsp3) is 0.500. The van der Waals surface area contributed by atoms with Crippen LogP contribution in [0.5, 0.6) is 5.75 Å². The Morgan fingerprint density at radius 1 is 1.38 bits per heavy atom. The minimum atomic E-state index is -0.819. The molecule has 2 rings (SSSR count). The maximum atomic E-state index is 12.2. The van der Waals surface area contributed by atoms with Crippen molar-refractivity contribution >= 4 is 11.9 Å². The summed E-state index contributed by atoms with van der Waals surface area (Å²) in [4.78, 5) is 25.1. The molecule has 1 unspecified atom stereocenters. The molecule has 1 aromatic rings. The Balaban J connectivity index is 1.94. The van der Waals surface area contributed by atoms with Gasteiger partial charge in [0.1, 0.15) is 5.75 Å². The highest BCUT2D eigenvalue weighted by atomic mass is 16.5. The van der Waals surface area contributed by atoms with E-state index in [1.54, 1.807) is 4.90 Å². The molecular weight excluding hydrogens is 270 g/mol. The van der Waals surface area contributed by atoms with Crippen LogP contribution in [0, 0.1) is 12.3 Å². The summed E-state index contributed by atoms with van der Waals surface area (Å²) in [6, 6.07) is 7.50. The zero-order chi connectivity index (χ0) is 15.5. The summed E-state index contributed by atoms with van der Waals surface area (Å²) < 4.78 is 5.53. The molecule has 1 heterocycles. The first-order chi connectivity index (χ1) is 9.98. The summed E-state index contributed by atoms with van der Waals surface area (Å²) in [5.74, 6) is -0.292. The maximum Gasteiger partial charge on any atom is 0.311 e. The van der Waals surface area contributed by atoms with Gasteiger partial charge in [-0.1, -0.05) is 25.1 Å². The summed E-state index contributed by atoms with van der Waals surface area (Å²) in [6.07, 6.45) is 1.04. The predicted molar refractivity (Wildman–Crippen MR) is 78.2 cm³/mol. The first-order valence-electron chi connectivity index (χ1n) is 7.18. The van der Waals surface area contributed by atoms with Crippen LogP contribution < -0.4 is 4.74 Å². The molecule has 1 aliphatic heterocycles. The van der Waals surface area contributed by atoms with Gasteiger partial charge in [0.25, 0.3) is 5.91 Å². The Kier molecular flexibility index (Phi) is 4.50. The minimum absolute atomic E-state index is 0.0513. The summed E-state index contributed by atoms with van der Waals surface area (Å²) in [5, 5.41) is 9.34. The van der Waals surface area contributed by atoms with Crippen molar-refractivity contribution in [3.05, 3.63) is 29.8 Å². The van der Waals surface area contributed by atoms with Crippen molar-refractivity contribution in [3.8, 4) is 5.75 Å². The first-order valence-corrected chi connectivity index (χ1v) is 7.18. The van der Waals surface area contributed by atoms with E-state index < -0.39 is 11.4 Å². The van der Waals surface area contributed by atoms with Crippen molar-refractivity contribution in [2.24, 2.45) is 5.41 Å². The highest BCUT2D eigenvalue weighted by Gasteiger charge is 2.44. The van der Waals surface area contributed by atoms with Crippen molar-refractivity contribution in [2.45, 2.75) is 26.7 Å². The number of amides is 1. The molecule has 5 nitrogen and oxygen atoms in total. The summed E-state index contributed by atoms with van der Waals surface area (Å²) in [6.45, 7) is 4.48. The summed E-state index contributed by atoms with van der Waals surface area (Å²) in [7, 11) is 0. The van der Waals surface area contributed by atoms with Crippen molar-refractivity contribution < 1.29 is 19.4 Å². The highest BCUT2D eigenvalue weighted by molar-refractivity contribution is 5.81. The second-order valence-electron chi connectivity index (χ2n) is 5.56. The monoisotopic (exact) mass is 291 g/mol. The van der Waals surface area contributed by atoms with Crippen LogP contribution in [0.4, 0.5) is 0 Å². The second-order valence-corrected chi connectivity index (χ2v) is 5.56. The zero-order valence-electron chi connectivity index (χ0n) is 12.5. The largest absolute Gasteiger partial charge is 0.484 e. The van der Waals surface area contributed by atoms with Gasteiger partial charge in [0, 0.05) is 13.1 Å². The number of carbonyl (C=O) groups is 2. The lowest BCUT2D eigenvalue weighted by Gasteiger charge is -2.23. The zero-order valence-corrected chi connectivity index (χ0v) is 12.5. The molecule has 0 aromatic heterocycles. The lowest BCUT2D eigenvalue weighted by molar-refractivity contribution is -0.148. The van der Waals surface area contributed by atoms with E-state index in [2.05, 4.69) is 0 Å². The van der Waals surface area contributed by atoms with E-state index in [4.69, 9.17) is 4.74 Å². The first kappa shape index (κ1) is 15.4. The van der Waals surface area contributed by atoms with E-state index in [0.717, 1.165) is 5.56 Å². The Hall–Kier alpha value is -2.04. The van der Waals surface area contributed by atoms with Crippen LogP contribution in [-0.4, -0.2) is 41.6 Å². The number of likely N-dealkylation sites (tertiary alicyclic amines) is 1. The van der Waals surface area contributed by atoms with Crippen LogP contribution in [0.2, 0.25) is 0 Å². The van der Waals surface area contributed by atoms with Crippen LogP contribution in [0.15, 0.2) is 24.3 Å². The number of nitrogens with zero attached hydrogens (tertiary/aromatic N) is 1. The third-order valence-corrected chi connectivity index (χ3v) is 4.28. The average molecular weight is 291 g/mol. The average Bonchev–Trinajstić information content (AvgIpc) is 2.92. The quantitative estimate of drug-likeness (QED) is 0.902. The Morgan fingerprint density at radius 3 is 2.67 bits per heavy atom. The molecule has 0 aliphatic carbocycles. The molecule has 1 fully saturated rings. The van der Waals surface area contributed by atoms with Gasteiger partial charge >= 0.3 is 5.97 Å². The molecule has 1 aliphatic rings. The molecule has 1 amide bonds. The molecule has 0 radical (unpaired) electrons. The van der Waals surface area contributed by atoms with E-state index in [0.29, 0.717) is 25.1 Å². The molecule has 0 saturated carbocycles. The fourth-order valence-electron chi connectivity index (χ4n) is 2.65. The number of carboxylic acids is 1. The Bertz CT molecular complexity index is 543. The number of hydrogen-bond acceptors (Lipinski definition) is 3.